The molecular weight excluding hydrogens is 405 g/mol. The highest BCUT2D eigenvalue weighted by Crippen LogP contribution is 2.38. The zero-order chi connectivity index (χ0) is 20.5. The van der Waals surface area contributed by atoms with Crippen molar-refractivity contribution in [3.63, 3.8) is 0 Å². The fraction of sp³-hybridized carbons (Fsp3) is 0.130. The lowest BCUT2D eigenvalue weighted by Crippen LogP contribution is -2.14. The van der Waals surface area contributed by atoms with E-state index >= 15 is 0 Å². The molecule has 2 aromatic heterocycles. The van der Waals surface area contributed by atoms with Crippen molar-refractivity contribution < 1.29 is 5.11 Å². The fourth-order valence-electron chi connectivity index (χ4n) is 3.37. The number of anilines is 1. The van der Waals surface area contributed by atoms with E-state index in [9.17, 15) is 5.11 Å². The number of aromatic nitrogens is 2. The second-order valence-corrected chi connectivity index (χ2v) is 7.90. The third kappa shape index (κ3) is 4.14. The first kappa shape index (κ1) is 19.5. The molecule has 1 unspecified atom stereocenters. The van der Waals surface area contributed by atoms with Gasteiger partial charge >= 0.3 is 0 Å². The number of phenols is 1. The average Bonchev–Trinajstić information content (AvgIpc) is 2.66. The summed E-state index contributed by atoms with van der Waals surface area (Å²) in [6.07, 6.45) is 1.74. The van der Waals surface area contributed by atoms with Crippen molar-refractivity contribution in [2.75, 3.05) is 5.32 Å². The van der Waals surface area contributed by atoms with Gasteiger partial charge in [-0.05, 0) is 61.4 Å². The number of nitrogens with one attached hydrogen (secondary N) is 1. The zero-order valence-electron chi connectivity index (χ0n) is 15.9. The second kappa shape index (κ2) is 7.90. The molecule has 2 aromatic carbocycles. The summed E-state index contributed by atoms with van der Waals surface area (Å²) in [7, 11) is 0. The highest BCUT2D eigenvalue weighted by Gasteiger charge is 2.21. The summed E-state index contributed by atoms with van der Waals surface area (Å²) in [6.45, 7) is 3.90. The van der Waals surface area contributed by atoms with Crippen molar-refractivity contribution in [1.29, 1.82) is 0 Å². The van der Waals surface area contributed by atoms with Gasteiger partial charge < -0.3 is 10.4 Å². The summed E-state index contributed by atoms with van der Waals surface area (Å²) in [6, 6.07) is 16.5. The van der Waals surface area contributed by atoms with Crippen LogP contribution in [0.25, 0.3) is 10.9 Å². The molecule has 4 nitrogen and oxygen atoms in total. The van der Waals surface area contributed by atoms with E-state index in [0.717, 1.165) is 22.2 Å². The normalized spacial score (nSPS) is 12.1. The molecule has 2 heterocycles. The van der Waals surface area contributed by atoms with E-state index in [-0.39, 0.29) is 5.75 Å². The third-order valence-electron chi connectivity index (χ3n) is 4.74. The summed E-state index contributed by atoms with van der Waals surface area (Å²) in [5.41, 5.74) is 3.94. The number of pyridine rings is 2. The molecule has 0 aliphatic rings. The molecule has 0 amide bonds. The van der Waals surface area contributed by atoms with E-state index in [4.69, 9.17) is 23.2 Å². The topological polar surface area (TPSA) is 58.0 Å². The molecule has 0 saturated heterocycles. The van der Waals surface area contributed by atoms with Gasteiger partial charge in [0.15, 0.2) is 0 Å². The Morgan fingerprint density at radius 3 is 2.38 bits per heavy atom. The number of benzene rings is 2. The van der Waals surface area contributed by atoms with Crippen LogP contribution in [0.15, 0.2) is 60.8 Å². The fourth-order valence-corrected chi connectivity index (χ4v) is 3.91. The van der Waals surface area contributed by atoms with E-state index in [0.29, 0.717) is 26.9 Å². The minimum atomic E-state index is -0.424. The van der Waals surface area contributed by atoms with Gasteiger partial charge in [-0.1, -0.05) is 41.4 Å². The van der Waals surface area contributed by atoms with Crippen molar-refractivity contribution in [3.05, 3.63) is 93.2 Å². The SMILES string of the molecule is Cc1ccnc(NC(c2cc(Cl)cc(Cl)c2)c2ccc3ccc(C)nc3c2O)c1. The summed E-state index contributed by atoms with van der Waals surface area (Å²) in [5.74, 6) is 0.801. The Labute approximate surface area is 179 Å². The van der Waals surface area contributed by atoms with E-state index < -0.39 is 6.04 Å². The van der Waals surface area contributed by atoms with Crippen molar-refractivity contribution >= 4 is 39.9 Å². The zero-order valence-corrected chi connectivity index (χ0v) is 17.5. The molecule has 4 rings (SSSR count). The first-order valence-electron chi connectivity index (χ1n) is 9.15. The van der Waals surface area contributed by atoms with Crippen LogP contribution in [-0.2, 0) is 0 Å². The molecular formula is C23H19Cl2N3O. The lowest BCUT2D eigenvalue weighted by atomic mass is 9.96. The molecule has 0 saturated carbocycles. The average molecular weight is 424 g/mol. The standard InChI is InChI=1S/C23H19Cl2N3O/c1-13-7-8-26-20(9-13)28-21(16-10-17(24)12-18(25)11-16)19-6-5-15-4-3-14(2)27-22(15)23(19)29/h3-12,21,29H,1-2H3,(H,26,28). The van der Waals surface area contributed by atoms with Crippen molar-refractivity contribution in [3.8, 4) is 5.75 Å². The largest absolute Gasteiger partial charge is 0.505 e. The van der Waals surface area contributed by atoms with Crippen molar-refractivity contribution in [2.24, 2.45) is 0 Å². The highest BCUT2D eigenvalue weighted by atomic mass is 35.5. The minimum Gasteiger partial charge on any atom is -0.505 e. The molecule has 6 heteroatoms. The van der Waals surface area contributed by atoms with E-state index in [1.807, 2.05) is 62.4 Å². The molecule has 0 aliphatic heterocycles. The molecule has 0 bridgehead atoms. The lowest BCUT2D eigenvalue weighted by Gasteiger charge is -2.22. The Hall–Kier alpha value is -2.82. The predicted octanol–water partition coefficient (Wildman–Crippen LogP) is 6.46. The van der Waals surface area contributed by atoms with E-state index in [2.05, 4.69) is 15.3 Å². The molecule has 4 aromatic rings. The molecule has 1 atom stereocenters. The Balaban J connectivity index is 1.90. The Morgan fingerprint density at radius 1 is 0.931 bits per heavy atom. The Kier molecular flexibility index (Phi) is 5.31. The summed E-state index contributed by atoms with van der Waals surface area (Å²) >= 11 is 12.5. The number of hydrogen-bond donors (Lipinski definition) is 2. The van der Waals surface area contributed by atoms with Crippen molar-refractivity contribution in [1.82, 2.24) is 9.97 Å². The number of fused-ring (bicyclic) bond motifs is 1. The van der Waals surface area contributed by atoms with Gasteiger partial charge in [-0.3, -0.25) is 0 Å². The maximum absolute atomic E-state index is 11.1. The number of rotatable bonds is 4. The summed E-state index contributed by atoms with van der Waals surface area (Å²) in [4.78, 5) is 8.93. The van der Waals surface area contributed by atoms with Crippen LogP contribution < -0.4 is 5.32 Å². The van der Waals surface area contributed by atoms with E-state index in [1.165, 1.54) is 0 Å². The first-order valence-corrected chi connectivity index (χ1v) is 9.91. The predicted molar refractivity (Wildman–Crippen MR) is 119 cm³/mol. The van der Waals surface area contributed by atoms with Gasteiger partial charge in [-0.15, -0.1) is 0 Å². The van der Waals surface area contributed by atoms with Gasteiger partial charge in [-0.25, -0.2) is 9.97 Å². The smallest absolute Gasteiger partial charge is 0.147 e. The number of phenolic OH excluding ortho intramolecular Hbond substituents is 1. The molecule has 29 heavy (non-hydrogen) atoms. The number of halogens is 2. The second-order valence-electron chi connectivity index (χ2n) is 7.03. The maximum Gasteiger partial charge on any atom is 0.147 e. The monoisotopic (exact) mass is 423 g/mol. The number of nitrogens with zero attached hydrogens (tertiary/aromatic N) is 2. The molecule has 0 aliphatic carbocycles. The van der Waals surface area contributed by atoms with Gasteiger partial charge in [-0.2, -0.15) is 0 Å². The van der Waals surface area contributed by atoms with Crippen LogP contribution in [0.1, 0.15) is 28.4 Å². The molecule has 146 valence electrons. The van der Waals surface area contributed by atoms with Crippen LogP contribution in [0.5, 0.6) is 5.75 Å². The summed E-state index contributed by atoms with van der Waals surface area (Å²) in [5, 5.41) is 16.4. The van der Waals surface area contributed by atoms with Crippen LogP contribution in [0.2, 0.25) is 10.0 Å². The van der Waals surface area contributed by atoms with Crippen molar-refractivity contribution in [2.45, 2.75) is 19.9 Å². The van der Waals surface area contributed by atoms with Crippen LogP contribution in [0.3, 0.4) is 0 Å². The Bertz CT molecular complexity index is 1190. The van der Waals surface area contributed by atoms with Crippen LogP contribution >= 0.6 is 23.2 Å². The molecule has 0 radical (unpaired) electrons. The molecule has 0 spiro atoms. The van der Waals surface area contributed by atoms with Gasteiger partial charge in [0.05, 0.1) is 6.04 Å². The van der Waals surface area contributed by atoms with Gasteiger partial charge in [0, 0.05) is 32.9 Å². The highest BCUT2D eigenvalue weighted by molar-refractivity contribution is 6.34. The maximum atomic E-state index is 11.1. The molecule has 2 N–H and O–H groups in total. The quantitative estimate of drug-likeness (QED) is 0.395. The number of hydrogen-bond acceptors (Lipinski definition) is 4. The third-order valence-corrected chi connectivity index (χ3v) is 5.18. The van der Waals surface area contributed by atoms with Gasteiger partial charge in [0.25, 0.3) is 0 Å². The van der Waals surface area contributed by atoms with Crippen LogP contribution in [-0.4, -0.2) is 15.1 Å². The van der Waals surface area contributed by atoms with E-state index in [1.54, 1.807) is 12.3 Å². The van der Waals surface area contributed by atoms with Gasteiger partial charge in [0.1, 0.15) is 17.1 Å². The van der Waals surface area contributed by atoms with Crippen LogP contribution in [0, 0.1) is 13.8 Å². The first-order chi connectivity index (χ1) is 13.9. The van der Waals surface area contributed by atoms with Gasteiger partial charge in [0.2, 0.25) is 0 Å². The minimum absolute atomic E-state index is 0.118. The Morgan fingerprint density at radius 2 is 1.66 bits per heavy atom. The molecule has 0 fully saturated rings. The van der Waals surface area contributed by atoms with Crippen LogP contribution in [0.4, 0.5) is 5.82 Å². The lowest BCUT2D eigenvalue weighted by molar-refractivity contribution is 0.471. The number of aryl methyl sites for hydroxylation is 2. The number of aromatic hydroxyl groups is 1. The summed E-state index contributed by atoms with van der Waals surface area (Å²) < 4.78 is 0.